The van der Waals surface area contributed by atoms with Crippen molar-refractivity contribution in [3.05, 3.63) is 16.3 Å². The molecule has 1 atom stereocenters. The third-order valence-corrected chi connectivity index (χ3v) is 6.47. The van der Waals surface area contributed by atoms with Gasteiger partial charge in [-0.1, -0.05) is 0 Å². The molecule has 26 heavy (non-hydrogen) atoms. The minimum absolute atomic E-state index is 0.150. The molecule has 0 aromatic carbocycles. The van der Waals surface area contributed by atoms with Crippen LogP contribution in [-0.2, 0) is 28.9 Å². The van der Waals surface area contributed by atoms with Gasteiger partial charge in [-0.25, -0.2) is 9.97 Å². The summed E-state index contributed by atoms with van der Waals surface area (Å²) in [6, 6.07) is 0. The number of rotatable bonds is 6. The number of anilines is 1. The molecule has 1 N–H and O–H groups in total. The zero-order valence-corrected chi connectivity index (χ0v) is 16.5. The van der Waals surface area contributed by atoms with E-state index in [4.69, 9.17) is 19.4 Å². The molecule has 1 fully saturated rings. The smallest absolute Gasteiger partial charge is 0.146 e. The maximum absolute atomic E-state index is 5.46. The molecule has 2 aromatic rings. The summed E-state index contributed by atoms with van der Waals surface area (Å²) in [7, 11) is 1.75. The molecule has 0 amide bonds. The molecule has 0 spiro atoms. The molecular weight excluding hydrogens is 348 g/mol. The number of aryl methyl sites for hydroxylation is 2. The normalized spacial score (nSPS) is 19.5. The minimum Gasteiger partial charge on any atom is -0.380 e. The van der Waals surface area contributed by atoms with E-state index in [0.717, 1.165) is 62.3 Å². The van der Waals surface area contributed by atoms with Gasteiger partial charge >= 0.3 is 0 Å². The summed E-state index contributed by atoms with van der Waals surface area (Å²) < 4.78 is 10.9. The van der Waals surface area contributed by atoms with Gasteiger partial charge in [-0.15, -0.1) is 11.3 Å². The number of aromatic nitrogens is 2. The van der Waals surface area contributed by atoms with Crippen molar-refractivity contribution in [2.75, 3.05) is 45.3 Å². The number of methoxy groups -OCH3 is 1. The first kappa shape index (κ1) is 18.1. The molecule has 3 heterocycles. The summed E-state index contributed by atoms with van der Waals surface area (Å²) in [6.07, 6.45) is 5.04. The molecule has 1 saturated heterocycles. The second-order valence-electron chi connectivity index (χ2n) is 7.20. The van der Waals surface area contributed by atoms with E-state index in [0.29, 0.717) is 0 Å². The van der Waals surface area contributed by atoms with Gasteiger partial charge in [-0.3, -0.25) is 4.90 Å². The quantitative estimate of drug-likeness (QED) is 0.837. The molecule has 7 heteroatoms. The molecule has 6 nitrogen and oxygen atoms in total. The van der Waals surface area contributed by atoms with Gasteiger partial charge in [-0.2, -0.15) is 0 Å². The predicted octanol–water partition coefficient (Wildman–Crippen LogP) is 2.85. The summed E-state index contributed by atoms with van der Waals surface area (Å²) in [5.41, 5.74) is 1.47. The molecule has 2 aliphatic rings. The van der Waals surface area contributed by atoms with Crippen molar-refractivity contribution in [1.82, 2.24) is 14.9 Å². The molecule has 0 saturated carbocycles. The average molecular weight is 377 g/mol. The monoisotopic (exact) mass is 376 g/mol. The summed E-state index contributed by atoms with van der Waals surface area (Å²) in [5, 5.41) is 4.79. The van der Waals surface area contributed by atoms with Gasteiger partial charge in [0.05, 0.1) is 31.2 Å². The first-order chi connectivity index (χ1) is 12.7. The molecule has 1 aliphatic carbocycles. The summed E-state index contributed by atoms with van der Waals surface area (Å²) >= 11 is 1.86. The average Bonchev–Trinajstić information content (AvgIpc) is 3.05. The molecule has 0 bridgehead atoms. The SMILES string of the molecule is COC(C)CNc1nc(CN2CCOCC2)nc2sc3c(c12)CCCC3. The molecule has 1 unspecified atom stereocenters. The molecule has 1 aliphatic heterocycles. The number of thiophene rings is 1. The summed E-state index contributed by atoms with van der Waals surface area (Å²) in [6.45, 7) is 7.11. The number of hydrogen-bond donors (Lipinski definition) is 1. The van der Waals surface area contributed by atoms with Crippen LogP contribution < -0.4 is 5.32 Å². The van der Waals surface area contributed by atoms with Gasteiger partial charge in [-0.05, 0) is 38.2 Å². The highest BCUT2D eigenvalue weighted by Gasteiger charge is 2.22. The molecule has 4 rings (SSSR count). The second-order valence-corrected chi connectivity index (χ2v) is 8.28. The number of fused-ring (bicyclic) bond motifs is 3. The largest absolute Gasteiger partial charge is 0.380 e. The van der Waals surface area contributed by atoms with Crippen LogP contribution >= 0.6 is 11.3 Å². The highest BCUT2D eigenvalue weighted by Crippen LogP contribution is 2.38. The Bertz CT molecular complexity index is 758. The Balaban J connectivity index is 1.67. The van der Waals surface area contributed by atoms with Crippen LogP contribution in [0.3, 0.4) is 0 Å². The zero-order chi connectivity index (χ0) is 17.9. The number of morpholine rings is 1. The van der Waals surface area contributed by atoms with Crippen LogP contribution in [0.2, 0.25) is 0 Å². The van der Waals surface area contributed by atoms with Gasteiger partial charge < -0.3 is 14.8 Å². The Morgan fingerprint density at radius 1 is 1.23 bits per heavy atom. The van der Waals surface area contributed by atoms with Crippen molar-refractivity contribution < 1.29 is 9.47 Å². The van der Waals surface area contributed by atoms with E-state index in [-0.39, 0.29) is 6.10 Å². The molecule has 2 aromatic heterocycles. The third-order valence-electron chi connectivity index (χ3n) is 5.29. The summed E-state index contributed by atoms with van der Waals surface area (Å²) in [5.74, 6) is 1.90. The van der Waals surface area contributed by atoms with Crippen molar-refractivity contribution >= 4 is 27.4 Å². The van der Waals surface area contributed by atoms with Crippen LogP contribution in [0.25, 0.3) is 10.2 Å². The Morgan fingerprint density at radius 3 is 2.85 bits per heavy atom. The van der Waals surface area contributed by atoms with Crippen LogP contribution in [-0.4, -0.2) is 60.9 Å². The van der Waals surface area contributed by atoms with Crippen LogP contribution in [0.4, 0.5) is 5.82 Å². The Hall–Kier alpha value is -1.28. The van der Waals surface area contributed by atoms with Crippen LogP contribution in [0.1, 0.15) is 36.0 Å². The number of hydrogen-bond acceptors (Lipinski definition) is 7. The number of nitrogens with one attached hydrogen (secondary N) is 1. The Labute approximate surface area is 158 Å². The van der Waals surface area contributed by atoms with Crippen molar-refractivity contribution in [3.63, 3.8) is 0 Å². The van der Waals surface area contributed by atoms with Crippen LogP contribution in [0.15, 0.2) is 0 Å². The molecular formula is C19H28N4O2S. The maximum Gasteiger partial charge on any atom is 0.146 e. The van der Waals surface area contributed by atoms with E-state index < -0.39 is 0 Å². The minimum atomic E-state index is 0.150. The van der Waals surface area contributed by atoms with Crippen molar-refractivity contribution in [2.24, 2.45) is 0 Å². The van der Waals surface area contributed by atoms with Gasteiger partial charge in [0.15, 0.2) is 0 Å². The van der Waals surface area contributed by atoms with E-state index in [9.17, 15) is 0 Å². The zero-order valence-electron chi connectivity index (χ0n) is 15.7. The standard InChI is InChI=1S/C19H28N4O2S/c1-13(24-2)11-20-18-17-14-5-3-4-6-15(14)26-19(17)22-16(21-18)12-23-7-9-25-10-8-23/h13H,3-12H2,1-2H3,(H,20,21,22). The highest BCUT2D eigenvalue weighted by atomic mass is 32.1. The lowest BCUT2D eigenvalue weighted by Crippen LogP contribution is -2.36. The van der Waals surface area contributed by atoms with Crippen LogP contribution in [0, 0.1) is 0 Å². The fourth-order valence-corrected chi connectivity index (χ4v) is 4.96. The van der Waals surface area contributed by atoms with E-state index >= 15 is 0 Å². The lowest BCUT2D eigenvalue weighted by atomic mass is 9.97. The highest BCUT2D eigenvalue weighted by molar-refractivity contribution is 7.19. The Morgan fingerprint density at radius 2 is 2.04 bits per heavy atom. The predicted molar refractivity (Wildman–Crippen MR) is 105 cm³/mol. The second kappa shape index (κ2) is 8.17. The van der Waals surface area contributed by atoms with E-state index in [1.807, 2.05) is 11.3 Å². The Kier molecular flexibility index (Phi) is 5.69. The lowest BCUT2D eigenvalue weighted by Gasteiger charge is -2.26. The fourth-order valence-electron chi connectivity index (χ4n) is 3.68. The maximum atomic E-state index is 5.46. The van der Waals surface area contributed by atoms with Crippen molar-refractivity contribution in [3.8, 4) is 0 Å². The molecule has 142 valence electrons. The first-order valence-corrected chi connectivity index (χ1v) is 10.4. The van der Waals surface area contributed by atoms with Gasteiger partial charge in [0.2, 0.25) is 0 Å². The van der Waals surface area contributed by atoms with Gasteiger partial charge in [0, 0.05) is 31.6 Å². The molecule has 0 radical (unpaired) electrons. The third kappa shape index (κ3) is 3.86. The lowest BCUT2D eigenvalue weighted by molar-refractivity contribution is 0.0331. The fraction of sp³-hybridized carbons (Fsp3) is 0.684. The number of ether oxygens (including phenoxy) is 2. The first-order valence-electron chi connectivity index (χ1n) is 9.62. The van der Waals surface area contributed by atoms with Gasteiger partial charge in [0.25, 0.3) is 0 Å². The van der Waals surface area contributed by atoms with E-state index in [1.165, 1.54) is 35.1 Å². The van der Waals surface area contributed by atoms with Crippen molar-refractivity contribution in [1.29, 1.82) is 0 Å². The van der Waals surface area contributed by atoms with E-state index in [1.54, 1.807) is 7.11 Å². The topological polar surface area (TPSA) is 59.5 Å². The van der Waals surface area contributed by atoms with Gasteiger partial charge in [0.1, 0.15) is 16.5 Å². The van der Waals surface area contributed by atoms with Crippen molar-refractivity contribution in [2.45, 2.75) is 45.3 Å². The van der Waals surface area contributed by atoms with Crippen LogP contribution in [0.5, 0.6) is 0 Å². The van der Waals surface area contributed by atoms with E-state index in [2.05, 4.69) is 17.1 Å². The number of nitrogens with zero attached hydrogens (tertiary/aromatic N) is 3. The summed E-state index contributed by atoms with van der Waals surface area (Å²) in [4.78, 5) is 14.9.